The summed E-state index contributed by atoms with van der Waals surface area (Å²) in [5.41, 5.74) is 2.81. The number of halogens is 7. The molecule has 6 aromatic carbocycles. The van der Waals surface area contributed by atoms with Gasteiger partial charge in [-0.15, -0.1) is 0 Å². The number of nitrogens with zero attached hydrogens (tertiary/aromatic N) is 1. The van der Waals surface area contributed by atoms with Gasteiger partial charge in [-0.2, -0.15) is 0 Å². The lowest BCUT2D eigenvalue weighted by Gasteiger charge is -2.39. The number of hydrogen-bond acceptors (Lipinski definition) is 12. The molecule has 0 unspecified atom stereocenters. The van der Waals surface area contributed by atoms with Crippen molar-refractivity contribution in [3.05, 3.63) is 93.6 Å². The van der Waals surface area contributed by atoms with E-state index in [1.54, 1.807) is 12.1 Å². The van der Waals surface area contributed by atoms with Gasteiger partial charge in [-0.1, -0.05) is 0 Å². The molecule has 13 nitrogen and oxygen atoms in total. The zero-order valence-corrected chi connectivity index (χ0v) is 42.9. The van der Waals surface area contributed by atoms with Gasteiger partial charge < -0.3 is 78.3 Å². The molecule has 2 aliphatic rings. The Balaban J connectivity index is 0.00000760. The minimum atomic E-state index is -1.72. The van der Waals surface area contributed by atoms with E-state index in [1.165, 1.54) is 85.3 Å². The average Bonchev–Trinajstić information content (AvgIpc) is 3.59. The molecule has 0 saturated carbocycles. The van der Waals surface area contributed by atoms with Crippen molar-refractivity contribution in [2.45, 2.75) is 26.2 Å². The lowest BCUT2D eigenvalue weighted by molar-refractivity contribution is -0.977. The van der Waals surface area contributed by atoms with Crippen molar-refractivity contribution in [2.75, 3.05) is 85.3 Å². The van der Waals surface area contributed by atoms with Crippen molar-refractivity contribution in [2.24, 2.45) is 0 Å². The molecule has 2 heterocycles. The van der Waals surface area contributed by atoms with Crippen LogP contribution >= 0.6 is 0 Å². The van der Waals surface area contributed by atoms with Crippen LogP contribution in [0.2, 0.25) is 0 Å². The second kappa shape index (κ2) is 20.6. The van der Waals surface area contributed by atoms with Gasteiger partial charge in [0.2, 0.25) is 23.0 Å². The van der Waals surface area contributed by atoms with Crippen LogP contribution in [0.25, 0.3) is 44.5 Å². The first-order valence-corrected chi connectivity index (χ1v) is 21.6. The summed E-state index contributed by atoms with van der Waals surface area (Å²) < 4.78 is 165. The van der Waals surface area contributed by atoms with Crippen LogP contribution in [0.4, 0.5) is 26.3 Å². The maximum Gasteiger partial charge on any atom is 0.204 e. The highest BCUT2D eigenvalue weighted by Crippen LogP contribution is 2.64. The predicted octanol–water partition coefficient (Wildman–Crippen LogP) is 7.84. The van der Waals surface area contributed by atoms with Gasteiger partial charge in [0.1, 0.15) is 26.2 Å². The van der Waals surface area contributed by atoms with Crippen molar-refractivity contribution < 1.29 is 105 Å². The summed E-state index contributed by atoms with van der Waals surface area (Å²) in [6.07, 6.45) is 0. The highest BCUT2D eigenvalue weighted by atomic mass is 79.9. The van der Waals surface area contributed by atoms with Crippen molar-refractivity contribution in [3.63, 3.8) is 0 Å². The fraction of sp³-hybridized carbons (Fsp3) is 0.308. The minimum absolute atomic E-state index is 0. The number of fused-ring (bicyclic) bond motifs is 6. The molecule has 0 bridgehead atoms. The topological polar surface area (TPSA) is 111 Å². The Kier molecular flexibility index (Phi) is 15.1. The number of rotatable bonds is 14. The van der Waals surface area contributed by atoms with Crippen molar-refractivity contribution in [3.8, 4) is 114 Å². The Labute approximate surface area is 421 Å². The van der Waals surface area contributed by atoms with Crippen LogP contribution in [-0.2, 0) is 26.2 Å². The molecule has 384 valence electrons. The van der Waals surface area contributed by atoms with Gasteiger partial charge in [0, 0.05) is 55.6 Å². The van der Waals surface area contributed by atoms with Gasteiger partial charge in [0.05, 0.1) is 85.3 Å². The molecule has 1 spiro atoms. The van der Waals surface area contributed by atoms with Crippen molar-refractivity contribution in [1.82, 2.24) is 0 Å². The summed E-state index contributed by atoms with van der Waals surface area (Å²) in [4.78, 5) is 0. The van der Waals surface area contributed by atoms with E-state index in [0.717, 1.165) is 24.3 Å². The molecule has 0 radical (unpaired) electrons. The number of benzene rings is 6. The summed E-state index contributed by atoms with van der Waals surface area (Å²) in [7, 11) is 16.8. The monoisotopic (exact) mass is 1070 g/mol. The third kappa shape index (κ3) is 8.07. The molecule has 72 heavy (non-hydrogen) atoms. The second-order valence-corrected chi connectivity index (χ2v) is 16.5. The number of quaternary nitrogens is 1. The van der Waals surface area contributed by atoms with Gasteiger partial charge in [0.15, 0.2) is 80.9 Å². The summed E-state index contributed by atoms with van der Waals surface area (Å²) in [5, 5.41) is 0. The Morgan fingerprint density at radius 2 is 0.569 bits per heavy atom. The number of hydrogen-bond donors (Lipinski definition) is 0. The molecule has 0 atom stereocenters. The van der Waals surface area contributed by atoms with Gasteiger partial charge >= 0.3 is 0 Å². The lowest BCUT2D eigenvalue weighted by atomic mass is 9.85. The molecule has 20 heteroatoms. The summed E-state index contributed by atoms with van der Waals surface area (Å²) in [6.45, 7) is -0.194. The summed E-state index contributed by atoms with van der Waals surface area (Å²) >= 11 is 0. The van der Waals surface area contributed by atoms with E-state index in [0.29, 0.717) is 22.3 Å². The van der Waals surface area contributed by atoms with Crippen molar-refractivity contribution in [1.29, 1.82) is 0 Å². The van der Waals surface area contributed by atoms with Gasteiger partial charge in [-0.3, -0.25) is 0 Å². The molecule has 0 aliphatic carbocycles. The first kappa shape index (κ1) is 52.8. The van der Waals surface area contributed by atoms with Crippen LogP contribution in [0.3, 0.4) is 0 Å². The third-order valence-electron chi connectivity index (χ3n) is 13.0. The van der Waals surface area contributed by atoms with E-state index in [2.05, 4.69) is 0 Å². The van der Waals surface area contributed by atoms with E-state index in [9.17, 15) is 8.78 Å². The van der Waals surface area contributed by atoms with Gasteiger partial charge in [-0.05, 0) is 47.5 Å². The molecular weight excluding hydrogens is 1020 g/mol. The molecule has 0 saturated heterocycles. The maximum atomic E-state index is 15.7. The quantitative estimate of drug-likeness (QED) is 0.0603. The average molecular weight is 1070 g/mol. The summed E-state index contributed by atoms with van der Waals surface area (Å²) in [6, 6.07) is 6.87. The fourth-order valence-electron chi connectivity index (χ4n) is 10.4. The standard InChI is InChI=1S/C52H50F6NO12.BrH/c1-60-33-17-25-19-59(20-26-18-34(61-2)44(63-4)48(67-8)38(26)37(25)47(66-7)43(33)62-3)21-27-35(23-13-29(53)41(57)30(54)14-23)45(64-5)51(70-11)49(68-9)39(27)40-28(22-59)36(24-15-31(55)42(58)32(56)16-24)46(65-6)52(71-12)50(40)69-10;/h13-18H,19-22H2,1-12H3;1H/q+1;/p-1. The van der Waals surface area contributed by atoms with Crippen LogP contribution in [0.15, 0.2) is 36.4 Å². The molecule has 6 aromatic rings. The van der Waals surface area contributed by atoms with Crippen molar-refractivity contribution >= 4 is 0 Å². The third-order valence-corrected chi connectivity index (χ3v) is 13.0. The molecule has 0 N–H and O–H groups in total. The van der Waals surface area contributed by atoms with E-state index < -0.39 is 34.9 Å². The largest absolute Gasteiger partial charge is 1.00 e. The highest BCUT2D eigenvalue weighted by molar-refractivity contribution is 5.99. The van der Waals surface area contributed by atoms with Crippen LogP contribution in [0.5, 0.6) is 69.0 Å². The Hall–Kier alpha value is -7.06. The minimum Gasteiger partial charge on any atom is -1.00 e. The van der Waals surface area contributed by atoms with Crippen LogP contribution in [0, 0.1) is 34.9 Å². The maximum absolute atomic E-state index is 15.7. The molecule has 0 aromatic heterocycles. The first-order chi connectivity index (χ1) is 34.1. The van der Waals surface area contributed by atoms with E-state index in [4.69, 9.17) is 56.8 Å². The summed E-state index contributed by atoms with van der Waals surface area (Å²) in [5.74, 6) is -8.16. The Bertz CT molecular complexity index is 2880. The van der Waals surface area contributed by atoms with Crippen LogP contribution in [-0.4, -0.2) is 89.8 Å². The molecule has 8 rings (SSSR count). The van der Waals surface area contributed by atoms with Gasteiger partial charge in [-0.25, -0.2) is 26.3 Å². The predicted molar refractivity (Wildman–Crippen MR) is 248 cm³/mol. The van der Waals surface area contributed by atoms with Gasteiger partial charge in [0.25, 0.3) is 0 Å². The van der Waals surface area contributed by atoms with Crippen LogP contribution in [0.1, 0.15) is 22.3 Å². The first-order valence-electron chi connectivity index (χ1n) is 21.6. The zero-order chi connectivity index (χ0) is 51.4. The lowest BCUT2D eigenvalue weighted by Crippen LogP contribution is -3.00. The smallest absolute Gasteiger partial charge is 0.204 e. The van der Waals surface area contributed by atoms with E-state index in [-0.39, 0.29) is 161 Å². The fourth-order valence-corrected chi connectivity index (χ4v) is 10.4. The van der Waals surface area contributed by atoms with Crippen LogP contribution < -0.4 is 73.8 Å². The normalized spacial score (nSPS) is 12.9. The molecule has 0 amide bonds. The number of ether oxygens (including phenoxy) is 12. The highest BCUT2D eigenvalue weighted by Gasteiger charge is 2.47. The molecular formula is C52H50BrF6NO12. The zero-order valence-electron chi connectivity index (χ0n) is 41.3. The van der Waals surface area contributed by atoms with E-state index in [1.807, 2.05) is 0 Å². The Morgan fingerprint density at radius 3 is 0.833 bits per heavy atom. The second-order valence-electron chi connectivity index (χ2n) is 16.5. The number of methoxy groups -OCH3 is 12. The molecule has 2 aliphatic heterocycles. The SMILES string of the molecule is COc1cc2c(c(OC)c1OC)-c1c(cc(OC)c(OC)c1OC)C[N+]1(C2)Cc2c(-c3cc(F)c(F)c(F)c3)c(OC)c(OC)c(OC)c2-c2c(c(-c3cc(F)c(F)c(F)c3)c(OC)c(OC)c2OC)C1.[Br-]. The Morgan fingerprint density at radius 1 is 0.306 bits per heavy atom. The molecule has 0 fully saturated rings. The van der Waals surface area contributed by atoms with E-state index >= 15 is 17.6 Å².